The van der Waals surface area contributed by atoms with E-state index in [9.17, 15) is 9.59 Å². The van der Waals surface area contributed by atoms with Gasteiger partial charge in [-0.25, -0.2) is 9.48 Å². The molecule has 1 aromatic carbocycles. The van der Waals surface area contributed by atoms with E-state index in [1.165, 1.54) is 12.8 Å². The Kier molecular flexibility index (Phi) is 3.56. The van der Waals surface area contributed by atoms with Gasteiger partial charge in [-0.3, -0.25) is 4.79 Å². The molecule has 3 rings (SSSR count). The maximum atomic E-state index is 12.0. The van der Waals surface area contributed by atoms with Crippen LogP contribution >= 0.6 is 0 Å². The lowest BCUT2D eigenvalue weighted by Crippen LogP contribution is -2.17. The van der Waals surface area contributed by atoms with Crippen molar-refractivity contribution in [3.63, 3.8) is 0 Å². The van der Waals surface area contributed by atoms with Gasteiger partial charge in [-0.2, -0.15) is 5.10 Å². The molecule has 0 N–H and O–H groups in total. The van der Waals surface area contributed by atoms with Crippen molar-refractivity contribution in [1.29, 1.82) is 0 Å². The van der Waals surface area contributed by atoms with Crippen LogP contribution in [0.2, 0.25) is 0 Å². The Morgan fingerprint density at radius 1 is 1.33 bits per heavy atom. The fraction of sp³-hybridized carbons (Fsp3) is 0.312. The van der Waals surface area contributed by atoms with Crippen LogP contribution in [0.15, 0.2) is 36.5 Å². The summed E-state index contributed by atoms with van der Waals surface area (Å²) in [5, 5.41) is 4.32. The number of rotatable bonds is 5. The number of Topliss-reactive ketones (excluding diaryl/α,β-unsaturated/α-hetero) is 1. The van der Waals surface area contributed by atoms with Gasteiger partial charge in [0.25, 0.3) is 5.78 Å². The topological polar surface area (TPSA) is 61.2 Å². The number of ether oxygens (including phenoxy) is 1. The molecule has 21 heavy (non-hydrogen) atoms. The van der Waals surface area contributed by atoms with Gasteiger partial charge in [-0.05, 0) is 38.0 Å². The Hall–Kier alpha value is -2.43. The molecule has 0 amide bonds. The highest BCUT2D eigenvalue weighted by atomic mass is 16.5. The number of esters is 1. The van der Waals surface area contributed by atoms with E-state index in [0.29, 0.717) is 11.5 Å². The molecule has 1 saturated carbocycles. The van der Waals surface area contributed by atoms with Crippen molar-refractivity contribution in [1.82, 2.24) is 9.78 Å². The van der Waals surface area contributed by atoms with E-state index in [-0.39, 0.29) is 6.61 Å². The van der Waals surface area contributed by atoms with Gasteiger partial charge < -0.3 is 4.74 Å². The zero-order valence-electron chi connectivity index (χ0n) is 11.8. The number of aromatic nitrogens is 2. The van der Waals surface area contributed by atoms with E-state index in [1.807, 2.05) is 16.8 Å². The number of nitrogens with zero attached hydrogens (tertiary/aromatic N) is 2. The van der Waals surface area contributed by atoms with Gasteiger partial charge in [0.15, 0.2) is 0 Å². The number of carbonyl (C=O) groups is 2. The van der Waals surface area contributed by atoms with Crippen LogP contribution in [0, 0.1) is 0 Å². The van der Waals surface area contributed by atoms with Crippen molar-refractivity contribution in [3.8, 4) is 5.69 Å². The van der Waals surface area contributed by atoms with Crippen LogP contribution < -0.4 is 0 Å². The Morgan fingerprint density at radius 2 is 2.14 bits per heavy atom. The lowest BCUT2D eigenvalue weighted by atomic mass is 10.1. The summed E-state index contributed by atoms with van der Waals surface area (Å²) in [5.41, 5.74) is 2.26. The third-order valence-corrected chi connectivity index (χ3v) is 3.48. The molecule has 108 valence electrons. The molecule has 0 bridgehead atoms. The van der Waals surface area contributed by atoms with E-state index < -0.39 is 11.8 Å². The summed E-state index contributed by atoms with van der Waals surface area (Å²) in [6.07, 6.45) is 4.10. The maximum absolute atomic E-state index is 12.0. The maximum Gasteiger partial charge on any atom is 0.379 e. The monoisotopic (exact) mass is 284 g/mol. The van der Waals surface area contributed by atoms with Crippen molar-refractivity contribution < 1.29 is 14.3 Å². The van der Waals surface area contributed by atoms with E-state index >= 15 is 0 Å². The molecule has 0 spiro atoms. The largest absolute Gasteiger partial charge is 0.460 e. The minimum absolute atomic E-state index is 0.190. The fourth-order valence-corrected chi connectivity index (χ4v) is 2.31. The van der Waals surface area contributed by atoms with Crippen LogP contribution in [0.25, 0.3) is 5.69 Å². The second-order valence-corrected chi connectivity index (χ2v) is 5.04. The van der Waals surface area contributed by atoms with Crippen LogP contribution in [0.3, 0.4) is 0 Å². The molecule has 1 aliphatic carbocycles. The zero-order chi connectivity index (χ0) is 14.8. The number of hydrogen-bond acceptors (Lipinski definition) is 4. The number of ketones is 1. The van der Waals surface area contributed by atoms with Crippen LogP contribution in [0.1, 0.15) is 41.7 Å². The van der Waals surface area contributed by atoms with Crippen molar-refractivity contribution in [2.45, 2.75) is 25.7 Å². The Balaban J connectivity index is 1.91. The molecule has 1 aliphatic rings. The minimum Gasteiger partial charge on any atom is -0.460 e. The molecule has 2 aromatic rings. The highest BCUT2D eigenvalue weighted by molar-refractivity contribution is 6.40. The van der Waals surface area contributed by atoms with Gasteiger partial charge >= 0.3 is 5.97 Å². The van der Waals surface area contributed by atoms with Gasteiger partial charge in [0, 0.05) is 23.4 Å². The average molecular weight is 284 g/mol. The predicted molar refractivity (Wildman–Crippen MR) is 76.5 cm³/mol. The Labute approximate surface area is 122 Å². The summed E-state index contributed by atoms with van der Waals surface area (Å²) in [6.45, 7) is 1.86. The van der Waals surface area contributed by atoms with Crippen LogP contribution in [-0.2, 0) is 9.53 Å². The molecule has 5 nitrogen and oxygen atoms in total. The standard InChI is InChI=1S/C16H16N2O3/c1-2-21-16(20)15(19)12-4-3-5-13(10-12)18-14(8-9-17-18)11-6-7-11/h3-5,8-11H,2,6-7H2,1H3. The summed E-state index contributed by atoms with van der Waals surface area (Å²) in [4.78, 5) is 23.5. The second kappa shape index (κ2) is 5.52. The molecule has 5 heteroatoms. The predicted octanol–water partition coefficient (Wildman–Crippen LogP) is 2.50. The van der Waals surface area contributed by atoms with Crippen LogP contribution in [0.5, 0.6) is 0 Å². The molecular formula is C16H16N2O3. The van der Waals surface area contributed by atoms with Gasteiger partial charge in [0.2, 0.25) is 0 Å². The summed E-state index contributed by atoms with van der Waals surface area (Å²) >= 11 is 0. The molecule has 0 atom stereocenters. The third-order valence-electron chi connectivity index (χ3n) is 3.48. The molecule has 1 heterocycles. The Bertz CT molecular complexity index is 686. The van der Waals surface area contributed by atoms with Gasteiger partial charge in [-0.1, -0.05) is 12.1 Å². The first-order chi connectivity index (χ1) is 10.2. The highest BCUT2D eigenvalue weighted by Crippen LogP contribution is 2.40. The molecule has 1 aromatic heterocycles. The fourth-order valence-electron chi connectivity index (χ4n) is 2.31. The SMILES string of the molecule is CCOC(=O)C(=O)c1cccc(-n2nccc2C2CC2)c1. The van der Waals surface area contributed by atoms with E-state index in [2.05, 4.69) is 5.10 Å². The highest BCUT2D eigenvalue weighted by Gasteiger charge is 2.27. The first kappa shape index (κ1) is 13.5. The molecule has 0 saturated heterocycles. The Morgan fingerprint density at radius 3 is 2.86 bits per heavy atom. The average Bonchev–Trinajstić information content (AvgIpc) is 3.24. The van der Waals surface area contributed by atoms with Gasteiger partial charge in [0.1, 0.15) is 0 Å². The molecule has 1 fully saturated rings. The van der Waals surface area contributed by atoms with Crippen molar-refractivity contribution in [3.05, 3.63) is 47.8 Å². The zero-order valence-corrected chi connectivity index (χ0v) is 11.8. The van der Waals surface area contributed by atoms with Crippen molar-refractivity contribution in [2.75, 3.05) is 6.61 Å². The second-order valence-electron chi connectivity index (χ2n) is 5.04. The van der Waals surface area contributed by atoms with Gasteiger partial charge in [-0.15, -0.1) is 0 Å². The third kappa shape index (κ3) is 2.72. The normalized spacial score (nSPS) is 14.0. The summed E-state index contributed by atoms with van der Waals surface area (Å²) in [6, 6.07) is 8.92. The number of hydrogen-bond donors (Lipinski definition) is 0. The first-order valence-electron chi connectivity index (χ1n) is 7.06. The molecule has 0 aliphatic heterocycles. The summed E-state index contributed by atoms with van der Waals surface area (Å²) < 4.78 is 6.58. The van der Waals surface area contributed by atoms with E-state index in [1.54, 1.807) is 31.3 Å². The molecule has 0 radical (unpaired) electrons. The van der Waals surface area contributed by atoms with E-state index in [4.69, 9.17) is 4.74 Å². The quantitative estimate of drug-likeness (QED) is 0.481. The van der Waals surface area contributed by atoms with Crippen LogP contribution in [-0.4, -0.2) is 28.1 Å². The van der Waals surface area contributed by atoms with Crippen LogP contribution in [0.4, 0.5) is 0 Å². The van der Waals surface area contributed by atoms with Crippen molar-refractivity contribution >= 4 is 11.8 Å². The van der Waals surface area contributed by atoms with Crippen molar-refractivity contribution in [2.24, 2.45) is 0 Å². The first-order valence-corrected chi connectivity index (χ1v) is 7.06. The number of carbonyl (C=O) groups excluding carboxylic acids is 2. The van der Waals surface area contributed by atoms with Gasteiger partial charge in [0.05, 0.1) is 12.3 Å². The smallest absolute Gasteiger partial charge is 0.379 e. The summed E-state index contributed by atoms with van der Waals surface area (Å²) in [7, 11) is 0. The lowest BCUT2D eigenvalue weighted by molar-refractivity contribution is -0.137. The molecule has 0 unspecified atom stereocenters. The summed E-state index contributed by atoms with van der Waals surface area (Å²) in [5.74, 6) is -0.895. The van der Waals surface area contributed by atoms with E-state index in [0.717, 1.165) is 11.4 Å². The minimum atomic E-state index is -0.822. The molecular weight excluding hydrogens is 268 g/mol. The number of benzene rings is 1. The lowest BCUT2D eigenvalue weighted by Gasteiger charge is -2.08.